The Labute approximate surface area is 98.9 Å². The lowest BCUT2D eigenvalue weighted by Crippen LogP contribution is -2.24. The zero-order chi connectivity index (χ0) is 11.7. The molecule has 2 atom stereocenters. The smallest absolute Gasteiger partial charge is 0.287 e. The van der Waals surface area contributed by atoms with Gasteiger partial charge in [-0.1, -0.05) is 24.6 Å². The number of hydrogen-bond donors (Lipinski definition) is 1. The van der Waals surface area contributed by atoms with Crippen LogP contribution >= 0.6 is 11.6 Å². The average Bonchev–Trinajstić information content (AvgIpc) is 2.94. The molecular weight excluding hydrogens is 226 g/mol. The lowest BCUT2D eigenvalue weighted by atomic mass is 10.4. The molecule has 0 aliphatic heterocycles. The van der Waals surface area contributed by atoms with Crippen molar-refractivity contribution in [3.63, 3.8) is 0 Å². The van der Waals surface area contributed by atoms with Crippen molar-refractivity contribution in [1.29, 1.82) is 0 Å². The predicted molar refractivity (Wildman–Crippen MR) is 64.9 cm³/mol. The highest BCUT2D eigenvalue weighted by atomic mass is 35.5. The van der Waals surface area contributed by atoms with Gasteiger partial charge in [0.2, 0.25) is 0 Å². The maximum absolute atomic E-state index is 11.7. The van der Waals surface area contributed by atoms with Crippen molar-refractivity contribution in [1.82, 2.24) is 9.78 Å². The third kappa shape index (κ3) is 2.11. The molecule has 1 aliphatic carbocycles. The molecule has 0 aromatic carbocycles. The van der Waals surface area contributed by atoms with E-state index in [1.54, 1.807) is 12.3 Å². The zero-order valence-electron chi connectivity index (χ0n) is 9.11. The van der Waals surface area contributed by atoms with E-state index in [1.807, 2.05) is 0 Å². The van der Waals surface area contributed by atoms with Crippen LogP contribution in [0, 0.1) is 5.92 Å². The number of halogens is 1. The van der Waals surface area contributed by atoms with Gasteiger partial charge in [-0.15, -0.1) is 6.58 Å². The van der Waals surface area contributed by atoms with Crippen molar-refractivity contribution in [3.8, 4) is 0 Å². The Kier molecular flexibility index (Phi) is 3.01. The average molecular weight is 240 g/mol. The molecule has 4 nitrogen and oxygen atoms in total. The van der Waals surface area contributed by atoms with Gasteiger partial charge in [0.25, 0.3) is 5.56 Å². The van der Waals surface area contributed by atoms with E-state index in [2.05, 4.69) is 23.9 Å². The molecule has 1 N–H and O–H groups in total. The summed E-state index contributed by atoms with van der Waals surface area (Å²) in [5.74, 6) is 0.645. The van der Waals surface area contributed by atoms with Crippen molar-refractivity contribution in [2.75, 3.05) is 5.32 Å². The van der Waals surface area contributed by atoms with Crippen LogP contribution in [0.5, 0.6) is 0 Å². The number of nitrogens with one attached hydrogen (secondary N) is 1. The second kappa shape index (κ2) is 4.29. The minimum atomic E-state index is -0.278. The van der Waals surface area contributed by atoms with Gasteiger partial charge in [-0.25, -0.2) is 4.68 Å². The molecule has 1 saturated carbocycles. The Morgan fingerprint density at radius 2 is 2.50 bits per heavy atom. The number of allylic oxidation sites excluding steroid dienone is 1. The molecule has 0 radical (unpaired) electrons. The Bertz CT molecular complexity index is 469. The SMILES string of the molecule is C=CCn1ncc(NC2CC2C)c(Cl)c1=O. The van der Waals surface area contributed by atoms with Gasteiger partial charge in [-0.05, 0) is 12.3 Å². The molecule has 5 heteroatoms. The van der Waals surface area contributed by atoms with E-state index in [0.717, 1.165) is 6.42 Å². The fourth-order valence-corrected chi connectivity index (χ4v) is 1.74. The van der Waals surface area contributed by atoms with E-state index in [9.17, 15) is 4.79 Å². The lowest BCUT2D eigenvalue weighted by molar-refractivity contribution is 0.652. The molecule has 0 saturated heterocycles. The largest absolute Gasteiger partial charge is 0.379 e. The van der Waals surface area contributed by atoms with Gasteiger partial charge in [0, 0.05) is 6.04 Å². The van der Waals surface area contributed by atoms with Crippen LogP contribution in [0.15, 0.2) is 23.6 Å². The highest BCUT2D eigenvalue weighted by Crippen LogP contribution is 2.33. The summed E-state index contributed by atoms with van der Waals surface area (Å²) in [6, 6.07) is 0.425. The maximum atomic E-state index is 11.7. The van der Waals surface area contributed by atoms with Crippen LogP contribution in [0.3, 0.4) is 0 Å². The third-order valence-electron chi connectivity index (χ3n) is 2.74. The molecule has 0 spiro atoms. The van der Waals surface area contributed by atoms with Gasteiger partial charge in [0.05, 0.1) is 18.4 Å². The van der Waals surface area contributed by atoms with E-state index in [4.69, 9.17) is 11.6 Å². The number of aromatic nitrogens is 2. The summed E-state index contributed by atoms with van der Waals surface area (Å²) < 4.78 is 1.29. The molecule has 1 heterocycles. The number of anilines is 1. The summed E-state index contributed by atoms with van der Waals surface area (Å²) in [5, 5.41) is 7.44. The molecular formula is C11H14ClN3O. The lowest BCUT2D eigenvalue weighted by Gasteiger charge is -2.08. The molecule has 2 unspecified atom stereocenters. The second-order valence-corrected chi connectivity index (χ2v) is 4.49. The summed E-state index contributed by atoms with van der Waals surface area (Å²) in [4.78, 5) is 11.7. The monoisotopic (exact) mass is 239 g/mol. The van der Waals surface area contributed by atoms with Crippen molar-refractivity contribution >= 4 is 17.3 Å². The van der Waals surface area contributed by atoms with E-state index in [-0.39, 0.29) is 10.6 Å². The molecule has 1 fully saturated rings. The van der Waals surface area contributed by atoms with Crippen LogP contribution in [-0.2, 0) is 6.54 Å². The van der Waals surface area contributed by atoms with E-state index in [0.29, 0.717) is 24.2 Å². The zero-order valence-corrected chi connectivity index (χ0v) is 9.87. The molecule has 1 aromatic rings. The van der Waals surface area contributed by atoms with Crippen molar-refractivity contribution in [3.05, 3.63) is 34.2 Å². The summed E-state index contributed by atoms with van der Waals surface area (Å²) >= 11 is 5.98. The number of hydrogen-bond acceptors (Lipinski definition) is 3. The van der Waals surface area contributed by atoms with Gasteiger partial charge in [0.15, 0.2) is 0 Å². The van der Waals surface area contributed by atoms with Crippen molar-refractivity contribution in [2.45, 2.75) is 25.9 Å². The summed E-state index contributed by atoms with van der Waals surface area (Å²) in [7, 11) is 0. The molecule has 16 heavy (non-hydrogen) atoms. The first-order chi connectivity index (χ1) is 7.63. The third-order valence-corrected chi connectivity index (χ3v) is 3.10. The molecule has 1 aliphatic rings. The van der Waals surface area contributed by atoms with Crippen LogP contribution in [0.4, 0.5) is 5.69 Å². The fourth-order valence-electron chi connectivity index (χ4n) is 1.54. The predicted octanol–water partition coefficient (Wildman–Crippen LogP) is 1.90. The Balaban J connectivity index is 2.24. The quantitative estimate of drug-likeness (QED) is 0.817. The van der Waals surface area contributed by atoms with Gasteiger partial charge >= 0.3 is 0 Å². The molecule has 0 amide bonds. The minimum absolute atomic E-state index is 0.205. The Hall–Kier alpha value is -1.29. The number of nitrogens with zero attached hydrogens (tertiary/aromatic N) is 2. The molecule has 2 rings (SSSR count). The topological polar surface area (TPSA) is 46.9 Å². The molecule has 0 bridgehead atoms. The van der Waals surface area contributed by atoms with Crippen molar-refractivity contribution in [2.24, 2.45) is 5.92 Å². The van der Waals surface area contributed by atoms with Gasteiger partial charge < -0.3 is 5.32 Å². The summed E-state index contributed by atoms with van der Waals surface area (Å²) in [5.41, 5.74) is 0.348. The first-order valence-corrected chi connectivity index (χ1v) is 5.64. The van der Waals surface area contributed by atoms with E-state index >= 15 is 0 Å². The van der Waals surface area contributed by atoms with Gasteiger partial charge in [0.1, 0.15) is 5.02 Å². The Morgan fingerprint density at radius 3 is 3.06 bits per heavy atom. The van der Waals surface area contributed by atoms with E-state index < -0.39 is 0 Å². The second-order valence-electron chi connectivity index (χ2n) is 4.11. The van der Waals surface area contributed by atoms with Crippen LogP contribution in [0.2, 0.25) is 5.02 Å². The van der Waals surface area contributed by atoms with Crippen LogP contribution in [0.1, 0.15) is 13.3 Å². The highest BCUT2D eigenvalue weighted by Gasteiger charge is 2.33. The molecule has 1 aromatic heterocycles. The van der Waals surface area contributed by atoms with Crippen molar-refractivity contribution < 1.29 is 0 Å². The standard InChI is InChI=1S/C11H14ClN3O/c1-3-4-15-11(16)10(12)9(6-13-15)14-8-5-7(8)2/h3,6-8,14H,1,4-5H2,2H3. The van der Waals surface area contributed by atoms with Crippen LogP contribution in [0.25, 0.3) is 0 Å². The van der Waals surface area contributed by atoms with Crippen LogP contribution < -0.4 is 10.9 Å². The summed E-state index contributed by atoms with van der Waals surface area (Å²) in [6.45, 7) is 6.08. The first-order valence-electron chi connectivity index (χ1n) is 5.26. The van der Waals surface area contributed by atoms with Crippen LogP contribution in [-0.4, -0.2) is 15.8 Å². The molecule has 86 valence electrons. The van der Waals surface area contributed by atoms with Gasteiger partial charge in [-0.3, -0.25) is 4.79 Å². The first kappa shape index (κ1) is 11.2. The normalized spacial score (nSPS) is 22.9. The summed E-state index contributed by atoms with van der Waals surface area (Å²) in [6.07, 6.45) is 4.32. The minimum Gasteiger partial charge on any atom is -0.379 e. The fraction of sp³-hybridized carbons (Fsp3) is 0.455. The maximum Gasteiger partial charge on any atom is 0.287 e. The van der Waals surface area contributed by atoms with Gasteiger partial charge in [-0.2, -0.15) is 5.10 Å². The number of rotatable bonds is 4. The van der Waals surface area contributed by atoms with E-state index in [1.165, 1.54) is 4.68 Å². The Morgan fingerprint density at radius 1 is 1.81 bits per heavy atom. The highest BCUT2D eigenvalue weighted by molar-refractivity contribution is 6.32.